The molecular weight excluding hydrogens is 284 g/mol. The molecule has 16 heavy (non-hydrogen) atoms. The second kappa shape index (κ2) is 5.40. The standard InChI is InChI=1S/C8H7BrN2O5/c9-3-4-16-8-2-1-6(10(12)13)5-7(8)11(14)15/h1-2,5H,3-4H2. The van der Waals surface area contributed by atoms with Crippen LogP contribution in [0.25, 0.3) is 0 Å². The average molecular weight is 291 g/mol. The van der Waals surface area contributed by atoms with Crippen LogP contribution in [0.2, 0.25) is 0 Å². The number of nitro benzene ring substituents is 2. The van der Waals surface area contributed by atoms with Gasteiger partial charge >= 0.3 is 5.69 Å². The molecule has 0 spiro atoms. The van der Waals surface area contributed by atoms with Crippen molar-refractivity contribution in [1.82, 2.24) is 0 Å². The van der Waals surface area contributed by atoms with Crippen molar-refractivity contribution in [2.45, 2.75) is 0 Å². The first-order valence-corrected chi connectivity index (χ1v) is 5.30. The monoisotopic (exact) mass is 290 g/mol. The number of non-ortho nitro benzene ring substituents is 1. The lowest BCUT2D eigenvalue weighted by molar-refractivity contribution is -0.394. The summed E-state index contributed by atoms with van der Waals surface area (Å²) < 4.78 is 5.07. The third-order valence-corrected chi connectivity index (χ3v) is 2.01. The van der Waals surface area contributed by atoms with Crippen molar-refractivity contribution >= 4 is 27.3 Å². The summed E-state index contributed by atoms with van der Waals surface area (Å²) in [5, 5.41) is 21.6. The van der Waals surface area contributed by atoms with Gasteiger partial charge in [-0.25, -0.2) is 0 Å². The highest BCUT2D eigenvalue weighted by molar-refractivity contribution is 9.09. The Bertz CT molecular complexity index is 423. The molecule has 1 rings (SSSR count). The van der Waals surface area contributed by atoms with Gasteiger partial charge in [-0.05, 0) is 6.07 Å². The van der Waals surface area contributed by atoms with E-state index in [9.17, 15) is 20.2 Å². The van der Waals surface area contributed by atoms with Crippen LogP contribution in [0.4, 0.5) is 11.4 Å². The lowest BCUT2D eigenvalue weighted by atomic mass is 10.2. The van der Waals surface area contributed by atoms with E-state index in [4.69, 9.17) is 4.74 Å². The van der Waals surface area contributed by atoms with Gasteiger partial charge in [0, 0.05) is 11.4 Å². The van der Waals surface area contributed by atoms with Crippen LogP contribution in [-0.2, 0) is 0 Å². The predicted octanol–water partition coefficient (Wildman–Crippen LogP) is 2.28. The fourth-order valence-corrected chi connectivity index (χ4v) is 1.19. The van der Waals surface area contributed by atoms with E-state index >= 15 is 0 Å². The Kier molecular flexibility index (Phi) is 4.18. The molecule has 0 bridgehead atoms. The van der Waals surface area contributed by atoms with Crippen molar-refractivity contribution in [3.05, 3.63) is 38.4 Å². The van der Waals surface area contributed by atoms with Crippen molar-refractivity contribution in [3.8, 4) is 5.75 Å². The zero-order chi connectivity index (χ0) is 12.1. The molecule has 1 aromatic carbocycles. The lowest BCUT2D eigenvalue weighted by Crippen LogP contribution is -2.01. The van der Waals surface area contributed by atoms with Crippen molar-refractivity contribution in [3.63, 3.8) is 0 Å². The summed E-state index contributed by atoms with van der Waals surface area (Å²) in [6.07, 6.45) is 0. The van der Waals surface area contributed by atoms with Gasteiger partial charge in [-0.2, -0.15) is 0 Å². The van der Waals surface area contributed by atoms with Crippen LogP contribution in [0.1, 0.15) is 0 Å². The molecule has 0 aromatic heterocycles. The van der Waals surface area contributed by atoms with Crippen molar-refractivity contribution in [2.75, 3.05) is 11.9 Å². The van der Waals surface area contributed by atoms with Crippen LogP contribution in [0, 0.1) is 20.2 Å². The second-order valence-electron chi connectivity index (χ2n) is 2.70. The summed E-state index contributed by atoms with van der Waals surface area (Å²) in [7, 11) is 0. The summed E-state index contributed by atoms with van der Waals surface area (Å²) in [5.74, 6) is 0.0232. The van der Waals surface area contributed by atoms with Crippen LogP contribution in [0.5, 0.6) is 5.75 Å². The van der Waals surface area contributed by atoms with Gasteiger partial charge < -0.3 is 4.74 Å². The van der Waals surface area contributed by atoms with E-state index in [1.165, 1.54) is 6.07 Å². The highest BCUT2D eigenvalue weighted by atomic mass is 79.9. The molecule has 0 fully saturated rings. The zero-order valence-electron chi connectivity index (χ0n) is 7.96. The minimum absolute atomic E-state index is 0.0232. The topological polar surface area (TPSA) is 95.5 Å². The molecule has 0 saturated heterocycles. The number of benzene rings is 1. The van der Waals surface area contributed by atoms with Crippen LogP contribution in [0.15, 0.2) is 18.2 Å². The van der Waals surface area contributed by atoms with Gasteiger partial charge in [0.1, 0.15) is 0 Å². The molecule has 0 radical (unpaired) electrons. The molecule has 0 unspecified atom stereocenters. The summed E-state index contributed by atoms with van der Waals surface area (Å²) in [5.41, 5.74) is -0.743. The minimum Gasteiger partial charge on any atom is -0.486 e. The maximum Gasteiger partial charge on any atom is 0.317 e. The Morgan fingerprint density at radius 2 is 1.94 bits per heavy atom. The summed E-state index contributed by atoms with van der Waals surface area (Å²) in [4.78, 5) is 19.7. The Morgan fingerprint density at radius 3 is 2.44 bits per heavy atom. The highest BCUT2D eigenvalue weighted by Gasteiger charge is 2.20. The lowest BCUT2D eigenvalue weighted by Gasteiger charge is -2.04. The van der Waals surface area contributed by atoms with Crippen LogP contribution in [-0.4, -0.2) is 21.8 Å². The van der Waals surface area contributed by atoms with Gasteiger partial charge in [-0.3, -0.25) is 20.2 Å². The SMILES string of the molecule is O=[N+]([O-])c1ccc(OCCBr)c([N+](=O)[O-])c1. The van der Waals surface area contributed by atoms with Crippen molar-refractivity contribution in [2.24, 2.45) is 0 Å². The number of nitro groups is 2. The Hall–Kier alpha value is -1.70. The summed E-state index contributed by atoms with van der Waals surface area (Å²) >= 11 is 3.10. The number of halogens is 1. The molecule has 8 heteroatoms. The Labute approximate surface area is 98.4 Å². The maximum atomic E-state index is 10.7. The van der Waals surface area contributed by atoms with Crippen LogP contribution >= 0.6 is 15.9 Å². The summed E-state index contributed by atoms with van der Waals surface area (Å²) in [6, 6.07) is 3.26. The van der Waals surface area contributed by atoms with Crippen molar-refractivity contribution in [1.29, 1.82) is 0 Å². The number of alkyl halides is 1. The molecule has 0 aliphatic rings. The third kappa shape index (κ3) is 2.89. The fraction of sp³-hybridized carbons (Fsp3) is 0.250. The van der Waals surface area contributed by atoms with E-state index in [0.717, 1.165) is 12.1 Å². The number of hydrogen-bond donors (Lipinski definition) is 0. The van der Waals surface area contributed by atoms with Crippen LogP contribution < -0.4 is 4.74 Å². The molecule has 0 aliphatic carbocycles. The van der Waals surface area contributed by atoms with Crippen LogP contribution in [0.3, 0.4) is 0 Å². The number of rotatable bonds is 5. The van der Waals surface area contributed by atoms with E-state index in [1.807, 2.05) is 0 Å². The normalized spacial score (nSPS) is 9.81. The van der Waals surface area contributed by atoms with Gasteiger partial charge in [0.15, 0.2) is 5.75 Å². The van der Waals surface area contributed by atoms with Gasteiger partial charge in [0.25, 0.3) is 5.69 Å². The molecule has 0 heterocycles. The van der Waals surface area contributed by atoms with E-state index in [-0.39, 0.29) is 18.0 Å². The molecule has 0 aliphatic heterocycles. The quantitative estimate of drug-likeness (QED) is 0.471. The minimum atomic E-state index is -0.712. The van der Waals surface area contributed by atoms with E-state index < -0.39 is 15.5 Å². The predicted molar refractivity (Wildman–Crippen MR) is 59.0 cm³/mol. The largest absolute Gasteiger partial charge is 0.486 e. The van der Waals surface area contributed by atoms with E-state index in [1.54, 1.807) is 0 Å². The number of nitrogens with zero attached hydrogens (tertiary/aromatic N) is 2. The molecule has 0 saturated carbocycles. The smallest absolute Gasteiger partial charge is 0.317 e. The first-order valence-electron chi connectivity index (χ1n) is 4.18. The first-order chi connectivity index (χ1) is 7.56. The third-order valence-electron chi connectivity index (χ3n) is 1.68. The van der Waals surface area contributed by atoms with E-state index in [0.29, 0.717) is 5.33 Å². The highest BCUT2D eigenvalue weighted by Crippen LogP contribution is 2.30. The molecule has 86 valence electrons. The van der Waals surface area contributed by atoms with Crippen molar-refractivity contribution < 1.29 is 14.6 Å². The molecule has 7 nitrogen and oxygen atoms in total. The zero-order valence-corrected chi connectivity index (χ0v) is 9.55. The molecule has 0 N–H and O–H groups in total. The Morgan fingerprint density at radius 1 is 1.25 bits per heavy atom. The second-order valence-corrected chi connectivity index (χ2v) is 3.50. The molecule has 0 amide bonds. The molecular formula is C8H7BrN2O5. The Balaban J connectivity index is 3.09. The maximum absolute atomic E-state index is 10.7. The summed E-state index contributed by atoms with van der Waals surface area (Å²) in [6.45, 7) is 0.249. The van der Waals surface area contributed by atoms with Gasteiger partial charge in [0.05, 0.1) is 22.5 Å². The van der Waals surface area contributed by atoms with E-state index in [2.05, 4.69) is 15.9 Å². The number of hydrogen-bond acceptors (Lipinski definition) is 5. The van der Waals surface area contributed by atoms with Gasteiger partial charge in [-0.1, -0.05) is 15.9 Å². The average Bonchev–Trinajstić information content (AvgIpc) is 2.25. The van der Waals surface area contributed by atoms with Gasteiger partial charge in [0.2, 0.25) is 0 Å². The molecule has 0 atom stereocenters. The fourth-order valence-electron chi connectivity index (χ4n) is 1.03. The number of ether oxygens (including phenoxy) is 1. The van der Waals surface area contributed by atoms with Gasteiger partial charge in [-0.15, -0.1) is 0 Å². The first kappa shape index (κ1) is 12.4. The molecule has 1 aromatic rings.